The second-order valence-electron chi connectivity index (χ2n) is 4.01. The highest BCUT2D eigenvalue weighted by molar-refractivity contribution is 6.03. The van der Waals surface area contributed by atoms with Gasteiger partial charge in [0.15, 0.2) is 0 Å². The molecule has 0 unspecified atom stereocenters. The van der Waals surface area contributed by atoms with Crippen molar-refractivity contribution >= 4 is 11.6 Å². The lowest BCUT2D eigenvalue weighted by atomic mass is 9.96. The molecule has 94 valence electrons. The molecule has 0 aliphatic heterocycles. The molecular formula is C8H9F6NO. The van der Waals surface area contributed by atoms with Gasteiger partial charge in [-0.2, -0.15) is 26.3 Å². The van der Waals surface area contributed by atoms with Gasteiger partial charge >= 0.3 is 12.4 Å². The SMILES string of the molecule is CC(C)(C)C(=O)N=C(C(F)(F)F)C(F)(F)F. The van der Waals surface area contributed by atoms with E-state index in [1.807, 2.05) is 0 Å². The van der Waals surface area contributed by atoms with Gasteiger partial charge in [-0.25, -0.2) is 4.99 Å². The zero-order valence-corrected chi connectivity index (χ0v) is 8.62. The normalized spacial score (nSPS) is 13.6. The number of aliphatic imine (C=N–C) groups is 1. The van der Waals surface area contributed by atoms with E-state index >= 15 is 0 Å². The van der Waals surface area contributed by atoms with E-state index in [9.17, 15) is 31.1 Å². The lowest BCUT2D eigenvalue weighted by Crippen LogP contribution is -2.38. The minimum Gasteiger partial charge on any atom is -0.272 e. The molecule has 0 aromatic rings. The summed E-state index contributed by atoms with van der Waals surface area (Å²) in [4.78, 5) is 13.1. The van der Waals surface area contributed by atoms with Gasteiger partial charge in [-0.05, 0) is 0 Å². The van der Waals surface area contributed by atoms with Gasteiger partial charge in [0.2, 0.25) is 5.71 Å². The minimum atomic E-state index is -5.70. The van der Waals surface area contributed by atoms with E-state index in [4.69, 9.17) is 0 Å². The third-order valence-corrected chi connectivity index (χ3v) is 1.39. The molecule has 2 nitrogen and oxygen atoms in total. The second kappa shape index (κ2) is 4.06. The highest BCUT2D eigenvalue weighted by atomic mass is 19.4. The van der Waals surface area contributed by atoms with Crippen LogP contribution in [-0.4, -0.2) is 24.0 Å². The maximum Gasteiger partial charge on any atom is 0.438 e. The van der Waals surface area contributed by atoms with Gasteiger partial charge in [0.1, 0.15) is 0 Å². The molecule has 0 saturated heterocycles. The molecule has 0 aromatic heterocycles. The van der Waals surface area contributed by atoms with Gasteiger partial charge in [0.05, 0.1) is 0 Å². The van der Waals surface area contributed by atoms with E-state index in [0.717, 1.165) is 0 Å². The number of carbonyl (C=O) groups is 1. The maximum atomic E-state index is 12.0. The number of alkyl halides is 6. The first-order valence-corrected chi connectivity index (χ1v) is 4.04. The Labute approximate surface area is 87.3 Å². The molecular weight excluding hydrogens is 240 g/mol. The molecule has 0 N–H and O–H groups in total. The summed E-state index contributed by atoms with van der Waals surface area (Å²) in [5.74, 6) is -1.47. The number of carbonyl (C=O) groups excluding carboxylic acids is 1. The van der Waals surface area contributed by atoms with Crippen molar-refractivity contribution in [2.75, 3.05) is 0 Å². The van der Waals surface area contributed by atoms with Crippen molar-refractivity contribution in [3.05, 3.63) is 0 Å². The number of amides is 1. The van der Waals surface area contributed by atoms with Crippen LogP contribution in [0.25, 0.3) is 0 Å². The van der Waals surface area contributed by atoms with E-state index in [1.165, 1.54) is 20.8 Å². The smallest absolute Gasteiger partial charge is 0.272 e. The monoisotopic (exact) mass is 249 g/mol. The van der Waals surface area contributed by atoms with Gasteiger partial charge in [0.25, 0.3) is 5.91 Å². The molecule has 0 rings (SSSR count). The maximum absolute atomic E-state index is 12.0. The molecule has 0 spiro atoms. The summed E-state index contributed by atoms with van der Waals surface area (Å²) in [6.07, 6.45) is -11.4. The third kappa shape index (κ3) is 4.19. The molecule has 8 heteroatoms. The number of halogens is 6. The third-order valence-electron chi connectivity index (χ3n) is 1.39. The lowest BCUT2D eigenvalue weighted by Gasteiger charge is -2.17. The van der Waals surface area contributed by atoms with Crippen LogP contribution in [0.4, 0.5) is 26.3 Å². The van der Waals surface area contributed by atoms with E-state index in [0.29, 0.717) is 0 Å². The highest BCUT2D eigenvalue weighted by Gasteiger charge is 2.54. The van der Waals surface area contributed by atoms with E-state index in [1.54, 1.807) is 0 Å². The van der Waals surface area contributed by atoms with Crippen molar-refractivity contribution in [2.24, 2.45) is 10.4 Å². The molecule has 0 fully saturated rings. The topological polar surface area (TPSA) is 29.4 Å². The minimum absolute atomic E-state index is 1.17. The second-order valence-corrected chi connectivity index (χ2v) is 4.01. The molecule has 0 atom stereocenters. The molecule has 0 radical (unpaired) electrons. The quantitative estimate of drug-likeness (QED) is 0.479. The molecule has 0 aromatic carbocycles. The summed E-state index contributed by atoms with van der Waals surface area (Å²) in [5.41, 5.74) is -4.43. The summed E-state index contributed by atoms with van der Waals surface area (Å²) in [6.45, 7) is 3.51. The standard InChI is InChI=1S/C8H9F6NO/c1-6(2,3)5(16)15-4(7(9,10)11)8(12,13)14/h1-3H3. The summed E-state index contributed by atoms with van der Waals surface area (Å²) in [5, 5.41) is 0. The fourth-order valence-electron chi connectivity index (χ4n) is 0.557. The first-order chi connectivity index (χ1) is 6.76. The summed E-state index contributed by atoms with van der Waals surface area (Å²) in [7, 11) is 0. The first kappa shape index (κ1) is 14.9. The van der Waals surface area contributed by atoms with Crippen LogP contribution in [0, 0.1) is 5.41 Å². The van der Waals surface area contributed by atoms with Gasteiger partial charge < -0.3 is 0 Å². The van der Waals surface area contributed by atoms with Crippen LogP contribution in [0.2, 0.25) is 0 Å². The van der Waals surface area contributed by atoms with Crippen LogP contribution in [0.15, 0.2) is 4.99 Å². The van der Waals surface area contributed by atoms with Gasteiger partial charge in [-0.1, -0.05) is 20.8 Å². The number of rotatable bonds is 0. The van der Waals surface area contributed by atoms with E-state index < -0.39 is 29.4 Å². The van der Waals surface area contributed by atoms with Crippen molar-refractivity contribution in [1.82, 2.24) is 0 Å². The van der Waals surface area contributed by atoms with Crippen molar-refractivity contribution in [1.29, 1.82) is 0 Å². The Hall–Kier alpha value is -1.08. The Morgan fingerprint density at radius 3 is 1.38 bits per heavy atom. The fourth-order valence-corrected chi connectivity index (χ4v) is 0.557. The Kier molecular flexibility index (Phi) is 3.79. The molecule has 16 heavy (non-hydrogen) atoms. The lowest BCUT2D eigenvalue weighted by molar-refractivity contribution is -0.130. The summed E-state index contributed by atoms with van der Waals surface area (Å²) < 4.78 is 71.8. The zero-order chi connectivity index (χ0) is 13.4. The van der Waals surface area contributed by atoms with Crippen LogP contribution < -0.4 is 0 Å². The van der Waals surface area contributed by atoms with Crippen molar-refractivity contribution in [2.45, 2.75) is 33.1 Å². The fraction of sp³-hybridized carbons (Fsp3) is 0.750. The Morgan fingerprint density at radius 1 is 0.875 bits per heavy atom. The van der Waals surface area contributed by atoms with Crippen LogP contribution in [0.1, 0.15) is 20.8 Å². The Bertz CT molecular complexity index is 290. The van der Waals surface area contributed by atoms with Crippen LogP contribution in [0.3, 0.4) is 0 Å². The van der Waals surface area contributed by atoms with Gasteiger partial charge in [0, 0.05) is 5.41 Å². The molecule has 0 aliphatic rings. The zero-order valence-electron chi connectivity index (χ0n) is 8.62. The van der Waals surface area contributed by atoms with Crippen LogP contribution in [-0.2, 0) is 4.79 Å². The summed E-state index contributed by atoms with van der Waals surface area (Å²) in [6, 6.07) is 0. The molecule has 0 bridgehead atoms. The molecule has 0 saturated carbocycles. The Morgan fingerprint density at radius 2 is 1.19 bits per heavy atom. The van der Waals surface area contributed by atoms with E-state index in [-0.39, 0.29) is 0 Å². The van der Waals surface area contributed by atoms with Crippen molar-refractivity contribution in [3.63, 3.8) is 0 Å². The molecule has 0 heterocycles. The number of hydrogen-bond acceptors (Lipinski definition) is 1. The predicted octanol–water partition coefficient (Wildman–Crippen LogP) is 3.12. The van der Waals surface area contributed by atoms with Crippen molar-refractivity contribution < 1.29 is 31.1 Å². The largest absolute Gasteiger partial charge is 0.438 e. The van der Waals surface area contributed by atoms with Gasteiger partial charge in [-0.3, -0.25) is 4.79 Å². The number of nitrogens with zero attached hydrogens (tertiary/aromatic N) is 1. The van der Waals surface area contributed by atoms with Crippen molar-refractivity contribution in [3.8, 4) is 0 Å². The van der Waals surface area contributed by atoms with E-state index in [2.05, 4.69) is 4.99 Å². The first-order valence-electron chi connectivity index (χ1n) is 4.04. The number of hydrogen-bond donors (Lipinski definition) is 0. The predicted molar refractivity (Wildman–Crippen MR) is 44.0 cm³/mol. The highest BCUT2D eigenvalue weighted by Crippen LogP contribution is 2.31. The van der Waals surface area contributed by atoms with Crippen LogP contribution >= 0.6 is 0 Å². The van der Waals surface area contributed by atoms with Gasteiger partial charge in [-0.15, -0.1) is 0 Å². The summed E-state index contributed by atoms with van der Waals surface area (Å²) >= 11 is 0. The Balaban J connectivity index is 5.41. The average Bonchev–Trinajstić information content (AvgIpc) is 1.92. The molecule has 0 aliphatic carbocycles. The molecule has 1 amide bonds. The average molecular weight is 249 g/mol. The van der Waals surface area contributed by atoms with Crippen LogP contribution in [0.5, 0.6) is 0 Å².